The Morgan fingerprint density at radius 2 is 1.94 bits per heavy atom. The number of aromatic nitrogens is 4. The second kappa shape index (κ2) is 10.8. The molecule has 0 spiro atoms. The smallest absolute Gasteiger partial charge is 0.220 e. The first-order chi connectivity index (χ1) is 16.0. The van der Waals surface area contributed by atoms with Crippen LogP contribution in [0.25, 0.3) is 22.1 Å². The lowest BCUT2D eigenvalue weighted by Crippen LogP contribution is -2.31. The Labute approximate surface area is 198 Å². The van der Waals surface area contributed by atoms with Crippen molar-refractivity contribution in [3.63, 3.8) is 0 Å². The van der Waals surface area contributed by atoms with Gasteiger partial charge in [-0.2, -0.15) is 0 Å². The molecule has 0 saturated heterocycles. The van der Waals surface area contributed by atoms with E-state index in [-0.39, 0.29) is 5.91 Å². The normalized spacial score (nSPS) is 11.5. The molecule has 2 aromatic heterocycles. The summed E-state index contributed by atoms with van der Waals surface area (Å²) in [7, 11) is 3.99. The maximum atomic E-state index is 12.0. The van der Waals surface area contributed by atoms with Crippen molar-refractivity contribution in [3.8, 4) is 0 Å². The lowest BCUT2D eigenvalue weighted by atomic mass is 10.1. The number of nitrogens with zero attached hydrogens (tertiary/aromatic N) is 5. The molecular formula is C25H30N6OS. The zero-order valence-corrected chi connectivity index (χ0v) is 20.2. The van der Waals surface area contributed by atoms with Crippen LogP contribution in [-0.2, 0) is 11.3 Å². The first-order valence-corrected chi connectivity index (χ1v) is 12.2. The van der Waals surface area contributed by atoms with Gasteiger partial charge in [0.25, 0.3) is 0 Å². The predicted molar refractivity (Wildman–Crippen MR) is 135 cm³/mol. The van der Waals surface area contributed by atoms with Crippen molar-refractivity contribution in [1.29, 1.82) is 0 Å². The van der Waals surface area contributed by atoms with Gasteiger partial charge >= 0.3 is 0 Å². The molecule has 172 valence electrons. The van der Waals surface area contributed by atoms with Crippen LogP contribution in [0.5, 0.6) is 0 Å². The third kappa shape index (κ3) is 5.89. The first kappa shape index (κ1) is 23.2. The summed E-state index contributed by atoms with van der Waals surface area (Å²) in [5, 5.41) is 13.6. The summed E-state index contributed by atoms with van der Waals surface area (Å²) in [6, 6.07) is 16.8. The second-order valence-corrected chi connectivity index (χ2v) is 9.53. The molecule has 7 nitrogen and oxygen atoms in total. The molecule has 4 aromatic rings. The molecule has 2 heterocycles. The Kier molecular flexibility index (Phi) is 7.57. The summed E-state index contributed by atoms with van der Waals surface area (Å²) in [4.78, 5) is 18.9. The molecule has 2 aromatic carbocycles. The van der Waals surface area contributed by atoms with Crippen LogP contribution in [-0.4, -0.2) is 63.5 Å². The zero-order chi connectivity index (χ0) is 23.2. The molecule has 8 heteroatoms. The molecule has 0 bridgehead atoms. The van der Waals surface area contributed by atoms with Crippen molar-refractivity contribution >= 4 is 39.7 Å². The molecular weight excluding hydrogens is 432 g/mol. The van der Waals surface area contributed by atoms with Gasteiger partial charge in [-0.25, -0.2) is 4.98 Å². The average Bonchev–Trinajstić information content (AvgIpc) is 3.09. The van der Waals surface area contributed by atoms with Gasteiger partial charge in [0.2, 0.25) is 11.1 Å². The summed E-state index contributed by atoms with van der Waals surface area (Å²) in [6.07, 6.45) is 1.27. The van der Waals surface area contributed by atoms with Gasteiger partial charge in [0, 0.05) is 37.2 Å². The van der Waals surface area contributed by atoms with Crippen molar-refractivity contribution in [2.45, 2.75) is 31.5 Å². The number of carbonyl (C=O) groups excluding carboxylic acids is 1. The standard InChI is InChI=1S/C25H30N6OS/c1-18-11-12-21-20(16-18)23-24(31(21)17-19-8-5-4-6-9-19)27-25(29-28-23)33-15-7-10-22(32)26-13-14-30(2)3/h4-6,8-9,11-12,16H,7,10,13-15,17H2,1-3H3,(H,26,32). The highest BCUT2D eigenvalue weighted by atomic mass is 32.2. The van der Waals surface area contributed by atoms with E-state index < -0.39 is 0 Å². The van der Waals surface area contributed by atoms with Gasteiger partial charge in [-0.15, -0.1) is 10.2 Å². The van der Waals surface area contributed by atoms with Gasteiger partial charge in [-0.05, 0) is 45.1 Å². The highest BCUT2D eigenvalue weighted by molar-refractivity contribution is 7.99. The number of fused-ring (bicyclic) bond motifs is 3. The highest BCUT2D eigenvalue weighted by Gasteiger charge is 2.16. The molecule has 0 aliphatic carbocycles. The summed E-state index contributed by atoms with van der Waals surface area (Å²) in [5.74, 6) is 0.858. The number of likely N-dealkylation sites (N-methyl/N-ethyl adjacent to an activating group) is 1. The molecule has 0 saturated carbocycles. The minimum Gasteiger partial charge on any atom is -0.355 e. The second-order valence-electron chi connectivity index (χ2n) is 8.46. The van der Waals surface area contributed by atoms with E-state index in [4.69, 9.17) is 4.98 Å². The number of rotatable bonds is 10. The molecule has 0 aliphatic rings. The van der Waals surface area contributed by atoms with Crippen molar-refractivity contribution in [2.24, 2.45) is 0 Å². The van der Waals surface area contributed by atoms with E-state index in [1.165, 1.54) is 11.1 Å². The fourth-order valence-electron chi connectivity index (χ4n) is 3.75. The van der Waals surface area contributed by atoms with E-state index in [1.54, 1.807) is 11.8 Å². The van der Waals surface area contributed by atoms with Gasteiger partial charge in [0.1, 0.15) is 5.52 Å². The summed E-state index contributed by atoms with van der Waals surface area (Å²) in [6.45, 7) is 4.33. The van der Waals surface area contributed by atoms with E-state index >= 15 is 0 Å². The Hall–Kier alpha value is -2.97. The molecule has 4 rings (SSSR count). The number of nitrogens with one attached hydrogen (secondary N) is 1. The lowest BCUT2D eigenvalue weighted by molar-refractivity contribution is -0.121. The Bertz CT molecular complexity index is 1240. The maximum Gasteiger partial charge on any atom is 0.220 e. The van der Waals surface area contributed by atoms with Crippen LogP contribution in [0.4, 0.5) is 0 Å². The van der Waals surface area contributed by atoms with Crippen LogP contribution in [0.3, 0.4) is 0 Å². The van der Waals surface area contributed by atoms with Gasteiger partial charge in [0.15, 0.2) is 5.65 Å². The van der Waals surface area contributed by atoms with Crippen molar-refractivity contribution in [3.05, 3.63) is 59.7 Å². The highest BCUT2D eigenvalue weighted by Crippen LogP contribution is 2.29. The average molecular weight is 463 g/mol. The summed E-state index contributed by atoms with van der Waals surface area (Å²) in [5.41, 5.74) is 5.18. The minimum atomic E-state index is 0.0882. The van der Waals surface area contributed by atoms with Crippen LogP contribution < -0.4 is 5.32 Å². The topological polar surface area (TPSA) is 75.9 Å². The summed E-state index contributed by atoms with van der Waals surface area (Å²) >= 11 is 1.55. The fourth-order valence-corrected chi connectivity index (χ4v) is 4.47. The molecule has 0 atom stereocenters. The monoisotopic (exact) mass is 462 g/mol. The molecule has 33 heavy (non-hydrogen) atoms. The molecule has 1 amide bonds. The molecule has 0 radical (unpaired) electrons. The largest absolute Gasteiger partial charge is 0.355 e. The van der Waals surface area contributed by atoms with Crippen LogP contribution in [0.2, 0.25) is 0 Å². The van der Waals surface area contributed by atoms with Crippen molar-refractivity contribution in [2.75, 3.05) is 32.9 Å². The predicted octanol–water partition coefficient (Wildman–Crippen LogP) is 3.89. The van der Waals surface area contributed by atoms with Crippen molar-refractivity contribution in [1.82, 2.24) is 30.0 Å². The van der Waals surface area contributed by atoms with E-state index in [1.807, 2.05) is 20.2 Å². The first-order valence-electron chi connectivity index (χ1n) is 11.2. The number of hydrogen-bond acceptors (Lipinski definition) is 6. The van der Waals surface area contributed by atoms with Gasteiger partial charge in [-0.3, -0.25) is 4.79 Å². The molecule has 0 unspecified atom stereocenters. The number of aryl methyl sites for hydroxylation is 1. The van der Waals surface area contributed by atoms with Gasteiger partial charge < -0.3 is 14.8 Å². The number of benzene rings is 2. The Morgan fingerprint density at radius 3 is 2.73 bits per heavy atom. The molecule has 0 fully saturated rings. The number of amides is 1. The molecule has 0 aliphatic heterocycles. The zero-order valence-electron chi connectivity index (χ0n) is 19.4. The van der Waals surface area contributed by atoms with Crippen LogP contribution in [0.1, 0.15) is 24.0 Å². The van der Waals surface area contributed by atoms with E-state index in [2.05, 4.69) is 74.4 Å². The SMILES string of the molecule is Cc1ccc2c(c1)c1nnc(SCCCC(=O)NCCN(C)C)nc1n2Cc1ccccc1. The third-order valence-electron chi connectivity index (χ3n) is 5.45. The van der Waals surface area contributed by atoms with Gasteiger partial charge in [-0.1, -0.05) is 53.7 Å². The van der Waals surface area contributed by atoms with Gasteiger partial charge in [0.05, 0.1) is 5.52 Å². The fraction of sp³-hybridized carbons (Fsp3) is 0.360. The number of hydrogen-bond donors (Lipinski definition) is 1. The number of thioether (sulfide) groups is 1. The quantitative estimate of drug-likeness (QED) is 0.285. The van der Waals surface area contributed by atoms with E-state index in [0.29, 0.717) is 18.1 Å². The van der Waals surface area contributed by atoms with E-state index in [9.17, 15) is 4.79 Å². The Balaban J connectivity index is 1.49. The van der Waals surface area contributed by atoms with Crippen LogP contribution >= 0.6 is 11.8 Å². The molecule has 1 N–H and O–H groups in total. The van der Waals surface area contributed by atoms with Crippen molar-refractivity contribution < 1.29 is 4.79 Å². The van der Waals surface area contributed by atoms with E-state index in [0.717, 1.165) is 47.3 Å². The van der Waals surface area contributed by atoms with Crippen LogP contribution in [0, 0.1) is 6.92 Å². The lowest BCUT2D eigenvalue weighted by Gasteiger charge is -2.10. The van der Waals surface area contributed by atoms with Crippen LogP contribution in [0.15, 0.2) is 53.7 Å². The Morgan fingerprint density at radius 1 is 1.12 bits per heavy atom. The summed E-state index contributed by atoms with van der Waals surface area (Å²) < 4.78 is 2.22. The minimum absolute atomic E-state index is 0.0882. The number of carbonyl (C=O) groups is 1. The maximum absolute atomic E-state index is 12.0. The third-order valence-corrected chi connectivity index (χ3v) is 6.37.